The Morgan fingerprint density at radius 3 is 2.66 bits per heavy atom. The second-order valence-corrected chi connectivity index (χ2v) is 8.16. The maximum absolute atomic E-state index is 12.2. The van der Waals surface area contributed by atoms with Crippen LogP contribution in [-0.2, 0) is 14.3 Å². The number of carbonyl (C=O) groups is 2. The highest BCUT2D eigenvalue weighted by Gasteiger charge is 2.28. The average molecular weight is 406 g/mol. The highest BCUT2D eigenvalue weighted by molar-refractivity contribution is 5.79. The van der Waals surface area contributed by atoms with Crippen LogP contribution in [0.25, 0.3) is 0 Å². The number of hydrogen-bond acceptors (Lipinski definition) is 4. The number of aliphatic hydroxyl groups is 1. The maximum atomic E-state index is 12.2. The molecule has 1 rings (SSSR count). The summed E-state index contributed by atoms with van der Waals surface area (Å²) in [5.41, 5.74) is 0. The maximum Gasteiger partial charge on any atom is 0.306 e. The fraction of sp³-hybridized carbons (Fsp3) is 0.750. The fourth-order valence-corrected chi connectivity index (χ4v) is 3.38. The van der Waals surface area contributed by atoms with Crippen LogP contribution in [0.1, 0.15) is 85.5 Å². The number of amides is 1. The van der Waals surface area contributed by atoms with Gasteiger partial charge in [0.1, 0.15) is 0 Å². The molecule has 0 aliphatic carbocycles. The number of hydrogen-bond donors (Lipinski definition) is 1. The number of carbonyl (C=O) groups excluding carboxylic acids is 2. The molecule has 1 aliphatic heterocycles. The number of nitrogens with zero attached hydrogens (tertiary/aromatic N) is 1. The van der Waals surface area contributed by atoms with Gasteiger partial charge in [0.05, 0.1) is 18.2 Å². The molecule has 1 amide bonds. The molecule has 0 saturated carbocycles. The van der Waals surface area contributed by atoms with Gasteiger partial charge in [-0.1, -0.05) is 38.8 Å². The molecule has 0 unspecified atom stereocenters. The number of rotatable bonds is 12. The van der Waals surface area contributed by atoms with E-state index in [0.29, 0.717) is 19.3 Å². The van der Waals surface area contributed by atoms with Crippen LogP contribution in [0.5, 0.6) is 0 Å². The van der Waals surface area contributed by atoms with Gasteiger partial charge in [0.25, 0.3) is 0 Å². The predicted octanol–water partition coefficient (Wildman–Crippen LogP) is 4.24. The van der Waals surface area contributed by atoms with Crippen molar-refractivity contribution in [2.24, 2.45) is 5.92 Å². The second kappa shape index (κ2) is 14.2. The van der Waals surface area contributed by atoms with Crippen molar-refractivity contribution in [3.05, 3.63) is 12.2 Å². The zero-order valence-electron chi connectivity index (χ0n) is 18.7. The molecule has 1 saturated heterocycles. The molecule has 1 aliphatic rings. The van der Waals surface area contributed by atoms with Crippen molar-refractivity contribution in [2.75, 3.05) is 6.54 Å². The molecule has 164 valence electrons. The van der Waals surface area contributed by atoms with Crippen molar-refractivity contribution in [3.8, 4) is 11.8 Å². The lowest BCUT2D eigenvalue weighted by molar-refractivity contribution is -0.147. The molecule has 0 aromatic heterocycles. The summed E-state index contributed by atoms with van der Waals surface area (Å²) in [6, 6.07) is 0.0760. The zero-order valence-corrected chi connectivity index (χ0v) is 18.7. The normalized spacial score (nSPS) is 18.8. The van der Waals surface area contributed by atoms with Gasteiger partial charge in [-0.05, 0) is 39.0 Å². The SMILES string of the molecule is CCC#CC[C@H](C)[C@H](O)/C=C/[C@H]1CCC(=O)N1CCCCCCC(=O)OC(C)C. The molecule has 0 spiro atoms. The Bertz CT molecular complexity index is 587. The Morgan fingerprint density at radius 1 is 1.24 bits per heavy atom. The lowest BCUT2D eigenvalue weighted by atomic mass is 10.00. The number of unbranched alkanes of at least 4 members (excludes halogenated alkanes) is 3. The van der Waals surface area contributed by atoms with Crippen LogP contribution < -0.4 is 0 Å². The highest BCUT2D eigenvalue weighted by Crippen LogP contribution is 2.22. The monoisotopic (exact) mass is 405 g/mol. The van der Waals surface area contributed by atoms with Crippen LogP contribution >= 0.6 is 0 Å². The van der Waals surface area contributed by atoms with Crippen molar-refractivity contribution < 1.29 is 19.4 Å². The summed E-state index contributed by atoms with van der Waals surface area (Å²) in [6.07, 6.45) is 10.3. The van der Waals surface area contributed by atoms with E-state index in [0.717, 1.165) is 45.1 Å². The summed E-state index contributed by atoms with van der Waals surface area (Å²) in [4.78, 5) is 25.6. The topological polar surface area (TPSA) is 66.8 Å². The van der Waals surface area contributed by atoms with Crippen LogP contribution in [0.4, 0.5) is 0 Å². The van der Waals surface area contributed by atoms with Gasteiger partial charge in [0.2, 0.25) is 5.91 Å². The molecule has 0 aromatic rings. The van der Waals surface area contributed by atoms with Gasteiger partial charge in [0, 0.05) is 32.2 Å². The van der Waals surface area contributed by atoms with Gasteiger partial charge in [-0.2, -0.15) is 0 Å². The number of esters is 1. The third kappa shape index (κ3) is 10.5. The summed E-state index contributed by atoms with van der Waals surface area (Å²) < 4.78 is 5.13. The standard InChI is InChI=1S/C24H39NO4/c1-5-6-9-12-20(4)22(26)16-14-21-15-17-23(27)25(21)18-11-8-7-10-13-24(28)29-19(2)3/h14,16,19-22,26H,5,7-8,10-13,15,17-18H2,1-4H3/b16-14+/t20-,21-,22+/m0/s1. The average Bonchev–Trinajstić information content (AvgIpc) is 3.01. The molecule has 1 N–H and O–H groups in total. The van der Waals surface area contributed by atoms with E-state index in [-0.39, 0.29) is 29.9 Å². The summed E-state index contributed by atoms with van der Waals surface area (Å²) >= 11 is 0. The summed E-state index contributed by atoms with van der Waals surface area (Å²) in [7, 11) is 0. The number of ether oxygens (including phenoxy) is 1. The van der Waals surface area contributed by atoms with Crippen LogP contribution in [0.2, 0.25) is 0 Å². The van der Waals surface area contributed by atoms with Crippen molar-refractivity contribution in [2.45, 2.75) is 104 Å². The molecular formula is C24H39NO4. The summed E-state index contributed by atoms with van der Waals surface area (Å²) in [6.45, 7) is 8.46. The molecule has 0 bridgehead atoms. The van der Waals surface area contributed by atoms with E-state index in [1.165, 1.54) is 0 Å². The third-order valence-electron chi connectivity index (χ3n) is 5.11. The largest absolute Gasteiger partial charge is 0.463 e. The van der Waals surface area contributed by atoms with Crippen molar-refractivity contribution in [3.63, 3.8) is 0 Å². The van der Waals surface area contributed by atoms with E-state index >= 15 is 0 Å². The van der Waals surface area contributed by atoms with Gasteiger partial charge in [0.15, 0.2) is 0 Å². The molecule has 5 heteroatoms. The first kappa shape index (κ1) is 25.2. The number of aliphatic hydroxyl groups excluding tert-OH is 1. The van der Waals surface area contributed by atoms with E-state index in [9.17, 15) is 14.7 Å². The second-order valence-electron chi connectivity index (χ2n) is 8.16. The number of likely N-dealkylation sites (tertiary alicyclic amines) is 1. The minimum atomic E-state index is -0.538. The first-order chi connectivity index (χ1) is 13.8. The quantitative estimate of drug-likeness (QED) is 0.228. The molecule has 3 atom stereocenters. The van der Waals surface area contributed by atoms with E-state index in [4.69, 9.17) is 4.74 Å². The van der Waals surface area contributed by atoms with Gasteiger partial charge in [-0.15, -0.1) is 11.8 Å². The lowest BCUT2D eigenvalue weighted by Crippen LogP contribution is -2.33. The summed E-state index contributed by atoms with van der Waals surface area (Å²) in [5, 5.41) is 10.3. The molecule has 0 radical (unpaired) electrons. The van der Waals surface area contributed by atoms with E-state index in [1.54, 1.807) is 0 Å². The predicted molar refractivity (Wildman–Crippen MR) is 116 cm³/mol. The minimum Gasteiger partial charge on any atom is -0.463 e. The smallest absolute Gasteiger partial charge is 0.306 e. The van der Waals surface area contributed by atoms with E-state index in [1.807, 2.05) is 44.7 Å². The summed E-state index contributed by atoms with van der Waals surface area (Å²) in [5.74, 6) is 6.26. The van der Waals surface area contributed by atoms with Crippen LogP contribution in [0.3, 0.4) is 0 Å². The van der Waals surface area contributed by atoms with Gasteiger partial charge in [-0.25, -0.2) is 0 Å². The first-order valence-electron chi connectivity index (χ1n) is 11.2. The minimum absolute atomic E-state index is 0.0561. The molecule has 5 nitrogen and oxygen atoms in total. The highest BCUT2D eigenvalue weighted by atomic mass is 16.5. The Kier molecular flexibility index (Phi) is 12.4. The van der Waals surface area contributed by atoms with E-state index in [2.05, 4.69) is 11.8 Å². The Hall–Kier alpha value is -1.80. The van der Waals surface area contributed by atoms with Crippen molar-refractivity contribution in [1.29, 1.82) is 0 Å². The third-order valence-corrected chi connectivity index (χ3v) is 5.11. The van der Waals surface area contributed by atoms with Crippen LogP contribution in [0.15, 0.2) is 12.2 Å². The molecule has 0 aromatic carbocycles. The zero-order chi connectivity index (χ0) is 21.6. The van der Waals surface area contributed by atoms with Crippen molar-refractivity contribution >= 4 is 11.9 Å². The van der Waals surface area contributed by atoms with E-state index < -0.39 is 6.10 Å². The fourth-order valence-electron chi connectivity index (χ4n) is 3.38. The lowest BCUT2D eigenvalue weighted by Gasteiger charge is -2.23. The van der Waals surface area contributed by atoms with Gasteiger partial charge in [-0.3, -0.25) is 9.59 Å². The Balaban J connectivity index is 2.33. The van der Waals surface area contributed by atoms with Crippen LogP contribution in [-0.4, -0.2) is 46.7 Å². The molecule has 1 fully saturated rings. The Labute approximate surface area is 176 Å². The van der Waals surface area contributed by atoms with Crippen molar-refractivity contribution in [1.82, 2.24) is 4.90 Å². The molecular weight excluding hydrogens is 366 g/mol. The Morgan fingerprint density at radius 2 is 1.97 bits per heavy atom. The molecule has 29 heavy (non-hydrogen) atoms. The van der Waals surface area contributed by atoms with Gasteiger partial charge >= 0.3 is 5.97 Å². The van der Waals surface area contributed by atoms with Crippen LogP contribution in [0, 0.1) is 17.8 Å². The van der Waals surface area contributed by atoms with Gasteiger partial charge < -0.3 is 14.7 Å². The first-order valence-corrected chi connectivity index (χ1v) is 11.2. The molecule has 1 heterocycles.